The third-order valence-electron chi connectivity index (χ3n) is 0.589. The second-order valence-electron chi connectivity index (χ2n) is 1.19. The van der Waals surface area contributed by atoms with Crippen molar-refractivity contribution >= 4 is 22.5 Å². The summed E-state index contributed by atoms with van der Waals surface area (Å²) in [6.07, 6.45) is 2.59. The molecular weight excluding hydrogens is 126 g/mol. The monoisotopic (exact) mass is 139 g/mol. The Morgan fingerprint density at radius 1 is 1.57 bits per heavy atom. The van der Waals surface area contributed by atoms with E-state index in [2.05, 4.69) is 18.6 Å². The summed E-state index contributed by atoms with van der Waals surface area (Å²) >= 11 is 3.97. The van der Waals surface area contributed by atoms with Gasteiger partial charge in [0.25, 0.3) is 0 Å². The largest absolute Gasteiger partial charge is 0.344 e. The van der Waals surface area contributed by atoms with Gasteiger partial charge in [0.05, 0.1) is 0 Å². The molecule has 0 fully saturated rings. The highest BCUT2D eigenvalue weighted by Crippen LogP contribution is 2.06. The predicted molar refractivity (Wildman–Crippen MR) is 41.4 cm³/mol. The smallest absolute Gasteiger partial charge is 0.00344 e. The summed E-state index contributed by atoms with van der Waals surface area (Å²) in [6, 6.07) is 0. The van der Waals surface area contributed by atoms with Gasteiger partial charge in [-0.2, -0.15) is 0 Å². The van der Waals surface area contributed by atoms with Crippen molar-refractivity contribution in [1.82, 2.24) is 6.15 Å². The quantitative estimate of drug-likeness (QED) is 0.358. The maximum atomic E-state index is 3.97. The molecule has 0 heterocycles. The van der Waals surface area contributed by atoms with E-state index in [0.29, 0.717) is 0 Å². The number of thiol groups is 1. The van der Waals surface area contributed by atoms with Crippen LogP contribution in [-0.2, 0) is 0 Å². The van der Waals surface area contributed by atoms with Gasteiger partial charge >= 0.3 is 0 Å². The van der Waals surface area contributed by atoms with Gasteiger partial charge in [0.15, 0.2) is 0 Å². The van der Waals surface area contributed by atoms with Crippen molar-refractivity contribution in [3.05, 3.63) is 0 Å². The Labute approximate surface area is 54.6 Å². The fourth-order valence-electron chi connectivity index (χ4n) is 0.209. The van der Waals surface area contributed by atoms with Crippen molar-refractivity contribution in [1.29, 1.82) is 0 Å². The van der Waals surface area contributed by atoms with Crippen molar-refractivity contribution in [2.75, 3.05) is 5.75 Å². The number of hydrogen-bond acceptors (Lipinski definition) is 3. The lowest BCUT2D eigenvalue weighted by Crippen LogP contribution is -1.68. The van der Waals surface area contributed by atoms with Gasteiger partial charge in [-0.1, -0.05) is 24.1 Å². The molecule has 7 heavy (non-hydrogen) atoms. The first-order valence-electron chi connectivity index (χ1n) is 2.18. The Bertz CT molecular complexity index is 21.7. The van der Waals surface area contributed by atoms with Crippen molar-refractivity contribution in [2.45, 2.75) is 19.8 Å². The summed E-state index contributed by atoms with van der Waals surface area (Å²) in [6.45, 7) is 2.18. The topological polar surface area (TPSA) is 35.0 Å². The Kier molecular flexibility index (Phi) is 14.9. The van der Waals surface area contributed by atoms with E-state index in [9.17, 15) is 0 Å². The summed E-state index contributed by atoms with van der Waals surface area (Å²) in [4.78, 5) is 0. The van der Waals surface area contributed by atoms with Gasteiger partial charge in [0.2, 0.25) is 0 Å². The molecule has 0 aromatic rings. The lowest BCUT2D eigenvalue weighted by atomic mass is 10.4. The molecule has 3 heteroatoms. The van der Waals surface area contributed by atoms with Crippen LogP contribution in [0.25, 0.3) is 0 Å². The molecule has 0 aliphatic rings. The van der Waals surface area contributed by atoms with Gasteiger partial charge in [-0.3, -0.25) is 0 Å². The molecular formula is C4H13NS2. The molecule has 0 radical (unpaired) electrons. The van der Waals surface area contributed by atoms with Crippen molar-refractivity contribution in [3.8, 4) is 0 Å². The van der Waals surface area contributed by atoms with E-state index in [1.807, 2.05) is 0 Å². The van der Waals surface area contributed by atoms with E-state index in [1.54, 1.807) is 10.8 Å². The van der Waals surface area contributed by atoms with Gasteiger partial charge in [-0.15, -0.1) is 11.7 Å². The molecule has 46 valence electrons. The molecule has 0 unspecified atom stereocenters. The zero-order valence-corrected chi connectivity index (χ0v) is 6.39. The fraction of sp³-hybridized carbons (Fsp3) is 1.00. The van der Waals surface area contributed by atoms with Crippen LogP contribution in [0.15, 0.2) is 0 Å². The second kappa shape index (κ2) is 9.83. The van der Waals surface area contributed by atoms with Crippen LogP contribution in [0.2, 0.25) is 0 Å². The van der Waals surface area contributed by atoms with Crippen molar-refractivity contribution in [2.24, 2.45) is 0 Å². The summed E-state index contributed by atoms with van der Waals surface area (Å²) in [5, 5.41) is 0. The van der Waals surface area contributed by atoms with Crippen molar-refractivity contribution < 1.29 is 0 Å². The number of rotatable bonds is 3. The molecule has 0 aromatic carbocycles. The molecule has 0 atom stereocenters. The maximum absolute atomic E-state index is 3.97. The first kappa shape index (κ1) is 10.6. The molecule has 0 aliphatic carbocycles. The predicted octanol–water partition coefficient (Wildman–Crippen LogP) is 2.53. The number of unbranched alkanes of at least 4 members (excludes halogenated alkanes) is 1. The Morgan fingerprint density at radius 3 is 2.29 bits per heavy atom. The maximum Gasteiger partial charge on any atom is 0.00344 e. The van der Waals surface area contributed by atoms with E-state index in [4.69, 9.17) is 0 Å². The van der Waals surface area contributed by atoms with E-state index < -0.39 is 0 Å². The van der Waals surface area contributed by atoms with Gasteiger partial charge in [-0.05, 0) is 6.42 Å². The minimum absolute atomic E-state index is 0. The average molecular weight is 139 g/mol. The summed E-state index contributed by atoms with van der Waals surface area (Å²) in [5.74, 6) is 1.19. The Balaban J connectivity index is 0. The molecule has 0 aromatic heterocycles. The highest BCUT2D eigenvalue weighted by Gasteiger charge is 1.76. The molecule has 1 nitrogen and oxygen atoms in total. The molecule has 0 amide bonds. The summed E-state index contributed by atoms with van der Waals surface area (Å²) in [5.41, 5.74) is 0. The first-order chi connectivity index (χ1) is 2.91. The second-order valence-corrected chi connectivity index (χ2v) is 2.63. The highest BCUT2D eigenvalue weighted by molar-refractivity contribution is 8.68. The third-order valence-corrected chi connectivity index (χ3v) is 1.61. The average Bonchev–Trinajstić information content (AvgIpc) is 1.61. The summed E-state index contributed by atoms with van der Waals surface area (Å²) in [7, 11) is 1.62. The summed E-state index contributed by atoms with van der Waals surface area (Å²) < 4.78 is 0. The standard InChI is InChI=1S/C4H10S2.H3N/c1-2-3-4-6-5;/h5H,2-4H2,1H3;1H3. The molecule has 0 saturated heterocycles. The first-order valence-corrected chi connectivity index (χ1v) is 4.22. The fourth-order valence-corrected chi connectivity index (χ4v) is 1.01. The molecule has 0 spiro atoms. The SMILES string of the molecule is CCCCSS.N. The molecule has 0 saturated carbocycles. The van der Waals surface area contributed by atoms with E-state index in [0.717, 1.165) is 0 Å². The minimum Gasteiger partial charge on any atom is -0.344 e. The molecule has 3 N–H and O–H groups in total. The van der Waals surface area contributed by atoms with E-state index in [-0.39, 0.29) is 6.15 Å². The molecule has 0 bridgehead atoms. The zero-order chi connectivity index (χ0) is 4.83. The van der Waals surface area contributed by atoms with Crippen LogP contribution in [-0.4, -0.2) is 5.75 Å². The minimum atomic E-state index is 0. The van der Waals surface area contributed by atoms with Crippen LogP contribution in [0.3, 0.4) is 0 Å². The van der Waals surface area contributed by atoms with Gasteiger partial charge in [0.1, 0.15) is 0 Å². The van der Waals surface area contributed by atoms with Crippen LogP contribution in [0.5, 0.6) is 0 Å². The van der Waals surface area contributed by atoms with Crippen molar-refractivity contribution in [3.63, 3.8) is 0 Å². The van der Waals surface area contributed by atoms with Gasteiger partial charge in [0, 0.05) is 5.75 Å². The number of hydrogen-bond donors (Lipinski definition) is 2. The van der Waals surface area contributed by atoms with E-state index in [1.165, 1.54) is 18.6 Å². The molecule has 0 aliphatic heterocycles. The van der Waals surface area contributed by atoms with Crippen LogP contribution in [0.4, 0.5) is 0 Å². The van der Waals surface area contributed by atoms with Crippen LogP contribution in [0, 0.1) is 0 Å². The van der Waals surface area contributed by atoms with Crippen LogP contribution in [0.1, 0.15) is 19.8 Å². The Morgan fingerprint density at radius 2 is 2.14 bits per heavy atom. The van der Waals surface area contributed by atoms with E-state index >= 15 is 0 Å². The van der Waals surface area contributed by atoms with Crippen LogP contribution >= 0.6 is 22.5 Å². The third kappa shape index (κ3) is 10.8. The van der Waals surface area contributed by atoms with Gasteiger partial charge < -0.3 is 6.15 Å². The van der Waals surface area contributed by atoms with Crippen LogP contribution < -0.4 is 6.15 Å². The highest BCUT2D eigenvalue weighted by atomic mass is 33.1. The lowest BCUT2D eigenvalue weighted by Gasteiger charge is -1.85. The van der Waals surface area contributed by atoms with Gasteiger partial charge in [-0.25, -0.2) is 0 Å². The normalized spacial score (nSPS) is 7.71. The lowest BCUT2D eigenvalue weighted by molar-refractivity contribution is 0.898. The molecule has 0 rings (SSSR count). The Hall–Kier alpha value is 0.660. The zero-order valence-electron chi connectivity index (χ0n) is 4.68.